The van der Waals surface area contributed by atoms with E-state index in [2.05, 4.69) is 20.8 Å². The van der Waals surface area contributed by atoms with Crippen LogP contribution < -0.4 is 4.74 Å². The lowest BCUT2D eigenvalue weighted by molar-refractivity contribution is -0.0449. The van der Waals surface area contributed by atoms with Crippen LogP contribution in [0.3, 0.4) is 0 Å². The first-order valence-corrected chi connectivity index (χ1v) is 9.75. The molecule has 0 fully saturated rings. The second kappa shape index (κ2) is 10.4. The van der Waals surface area contributed by atoms with Crippen LogP contribution in [0.15, 0.2) is 42.5 Å². The standard InChI is InChI=1S/C23H31FO3/c1-16(2)6-4-7-17(3)12-13-27-20-9-5-8-18(14-20)19-10-11-22(24)21(15-19)23(25)26/h5,8-11,14-17,23,25-26H,4,6-7,12-13H2,1-3H3. The Balaban J connectivity index is 1.93. The molecular formula is C23H31FO3. The van der Waals surface area contributed by atoms with Gasteiger partial charge in [-0.1, -0.05) is 58.2 Å². The van der Waals surface area contributed by atoms with Crippen molar-refractivity contribution in [1.82, 2.24) is 0 Å². The van der Waals surface area contributed by atoms with Crippen LogP contribution in [0.4, 0.5) is 4.39 Å². The number of halogens is 1. The lowest BCUT2D eigenvalue weighted by Gasteiger charge is -2.14. The zero-order valence-electron chi connectivity index (χ0n) is 16.5. The van der Waals surface area contributed by atoms with Gasteiger partial charge in [0.25, 0.3) is 0 Å². The minimum Gasteiger partial charge on any atom is -0.494 e. The van der Waals surface area contributed by atoms with Crippen LogP contribution in [0.1, 0.15) is 58.3 Å². The fourth-order valence-corrected chi connectivity index (χ4v) is 3.08. The van der Waals surface area contributed by atoms with E-state index >= 15 is 0 Å². The maximum atomic E-state index is 13.6. The monoisotopic (exact) mass is 374 g/mol. The van der Waals surface area contributed by atoms with E-state index in [1.54, 1.807) is 6.07 Å². The number of aliphatic hydroxyl groups is 2. The molecule has 0 spiro atoms. The molecule has 2 N–H and O–H groups in total. The van der Waals surface area contributed by atoms with Gasteiger partial charge in [0, 0.05) is 5.56 Å². The van der Waals surface area contributed by atoms with Gasteiger partial charge in [0.05, 0.1) is 6.61 Å². The highest BCUT2D eigenvalue weighted by molar-refractivity contribution is 5.66. The van der Waals surface area contributed by atoms with Crippen molar-refractivity contribution in [3.05, 3.63) is 53.8 Å². The Kier molecular flexibility index (Phi) is 8.26. The summed E-state index contributed by atoms with van der Waals surface area (Å²) < 4.78 is 19.5. The van der Waals surface area contributed by atoms with Gasteiger partial charge >= 0.3 is 0 Å². The van der Waals surface area contributed by atoms with Crippen molar-refractivity contribution in [2.45, 2.75) is 52.7 Å². The zero-order valence-corrected chi connectivity index (χ0v) is 16.5. The first-order valence-electron chi connectivity index (χ1n) is 9.75. The van der Waals surface area contributed by atoms with Gasteiger partial charge < -0.3 is 14.9 Å². The quantitative estimate of drug-likeness (QED) is 0.524. The second-order valence-electron chi connectivity index (χ2n) is 7.70. The Bertz CT molecular complexity index is 713. The van der Waals surface area contributed by atoms with Gasteiger partial charge in [0.1, 0.15) is 11.6 Å². The minimum absolute atomic E-state index is 0.131. The van der Waals surface area contributed by atoms with Crippen molar-refractivity contribution in [3.63, 3.8) is 0 Å². The fourth-order valence-electron chi connectivity index (χ4n) is 3.08. The molecule has 1 atom stereocenters. The molecule has 0 radical (unpaired) electrons. The van der Waals surface area contributed by atoms with Gasteiger partial charge in [-0.2, -0.15) is 0 Å². The van der Waals surface area contributed by atoms with Crippen molar-refractivity contribution in [3.8, 4) is 16.9 Å². The highest BCUT2D eigenvalue weighted by atomic mass is 19.1. The third-order valence-corrected chi connectivity index (χ3v) is 4.80. The normalized spacial score (nSPS) is 12.6. The fraction of sp³-hybridized carbons (Fsp3) is 0.478. The third kappa shape index (κ3) is 6.96. The highest BCUT2D eigenvalue weighted by Gasteiger charge is 2.11. The Morgan fingerprint density at radius 1 is 0.926 bits per heavy atom. The molecule has 2 rings (SSSR count). The van der Waals surface area contributed by atoms with Crippen LogP contribution in [-0.4, -0.2) is 16.8 Å². The van der Waals surface area contributed by atoms with Crippen LogP contribution in [0.25, 0.3) is 11.1 Å². The number of aliphatic hydroxyl groups excluding tert-OH is 1. The summed E-state index contributed by atoms with van der Waals surface area (Å²) in [7, 11) is 0. The first-order chi connectivity index (χ1) is 12.9. The molecule has 148 valence electrons. The molecule has 4 heteroatoms. The van der Waals surface area contributed by atoms with Crippen LogP contribution in [0.2, 0.25) is 0 Å². The lowest BCUT2D eigenvalue weighted by atomic mass is 9.98. The van der Waals surface area contributed by atoms with Gasteiger partial charge in [-0.05, 0) is 53.6 Å². The Labute approximate surface area is 161 Å². The largest absolute Gasteiger partial charge is 0.494 e. The topological polar surface area (TPSA) is 49.7 Å². The number of rotatable bonds is 10. The van der Waals surface area contributed by atoms with Crippen molar-refractivity contribution in [2.75, 3.05) is 6.61 Å². The van der Waals surface area contributed by atoms with E-state index in [4.69, 9.17) is 4.74 Å². The third-order valence-electron chi connectivity index (χ3n) is 4.80. The number of ether oxygens (including phenoxy) is 1. The average molecular weight is 374 g/mol. The molecule has 0 heterocycles. The summed E-state index contributed by atoms with van der Waals surface area (Å²) in [5.74, 6) is 1.53. The van der Waals surface area contributed by atoms with Crippen LogP contribution in [-0.2, 0) is 0 Å². The summed E-state index contributed by atoms with van der Waals surface area (Å²) in [5, 5.41) is 18.6. The summed E-state index contributed by atoms with van der Waals surface area (Å²) in [6.45, 7) is 7.44. The van der Waals surface area contributed by atoms with Crippen LogP contribution >= 0.6 is 0 Å². The van der Waals surface area contributed by atoms with E-state index in [1.807, 2.05) is 24.3 Å². The SMILES string of the molecule is CC(C)CCCC(C)CCOc1cccc(-c2ccc(F)c(C(O)O)c2)c1. The van der Waals surface area contributed by atoms with E-state index in [0.29, 0.717) is 18.1 Å². The number of hydrogen-bond donors (Lipinski definition) is 2. The Hall–Kier alpha value is -1.91. The highest BCUT2D eigenvalue weighted by Crippen LogP contribution is 2.27. The van der Waals surface area contributed by atoms with E-state index in [1.165, 1.54) is 31.4 Å². The predicted molar refractivity (Wildman–Crippen MR) is 107 cm³/mol. The summed E-state index contributed by atoms with van der Waals surface area (Å²) in [5.41, 5.74) is 1.43. The summed E-state index contributed by atoms with van der Waals surface area (Å²) >= 11 is 0. The predicted octanol–water partition coefficient (Wildman–Crippen LogP) is 5.71. The Morgan fingerprint density at radius 3 is 2.37 bits per heavy atom. The van der Waals surface area contributed by atoms with E-state index in [0.717, 1.165) is 23.7 Å². The molecule has 2 aromatic rings. The molecule has 0 saturated heterocycles. The van der Waals surface area contributed by atoms with Gasteiger partial charge in [-0.3, -0.25) is 0 Å². The van der Waals surface area contributed by atoms with Gasteiger partial charge in [0.2, 0.25) is 0 Å². The maximum absolute atomic E-state index is 13.6. The molecule has 0 aliphatic carbocycles. The summed E-state index contributed by atoms with van der Waals surface area (Å²) in [6, 6.07) is 11.9. The smallest absolute Gasteiger partial charge is 0.181 e. The first kappa shape index (κ1) is 21.4. The van der Waals surface area contributed by atoms with Crippen molar-refractivity contribution in [2.24, 2.45) is 11.8 Å². The minimum atomic E-state index is -1.83. The molecule has 27 heavy (non-hydrogen) atoms. The van der Waals surface area contributed by atoms with Crippen LogP contribution in [0, 0.1) is 17.7 Å². The van der Waals surface area contributed by atoms with Crippen molar-refractivity contribution >= 4 is 0 Å². The van der Waals surface area contributed by atoms with E-state index < -0.39 is 12.1 Å². The second-order valence-corrected chi connectivity index (χ2v) is 7.70. The molecule has 3 nitrogen and oxygen atoms in total. The Morgan fingerprint density at radius 2 is 1.67 bits per heavy atom. The summed E-state index contributed by atoms with van der Waals surface area (Å²) in [6.07, 6.45) is 2.94. The molecule has 1 unspecified atom stereocenters. The molecule has 2 aromatic carbocycles. The molecule has 0 bridgehead atoms. The number of hydrogen-bond acceptors (Lipinski definition) is 3. The molecule has 0 aromatic heterocycles. The number of benzene rings is 2. The van der Waals surface area contributed by atoms with Gasteiger partial charge in [0.15, 0.2) is 6.29 Å². The average Bonchev–Trinajstić information content (AvgIpc) is 2.62. The van der Waals surface area contributed by atoms with Crippen molar-refractivity contribution < 1.29 is 19.3 Å². The maximum Gasteiger partial charge on any atom is 0.181 e. The molecule has 0 aliphatic heterocycles. The van der Waals surface area contributed by atoms with E-state index in [-0.39, 0.29) is 5.56 Å². The molecule has 0 amide bonds. The molecular weight excluding hydrogens is 343 g/mol. The van der Waals surface area contributed by atoms with Crippen molar-refractivity contribution in [1.29, 1.82) is 0 Å². The van der Waals surface area contributed by atoms with Gasteiger partial charge in [-0.15, -0.1) is 0 Å². The van der Waals surface area contributed by atoms with E-state index in [9.17, 15) is 14.6 Å². The molecule has 0 saturated carbocycles. The summed E-state index contributed by atoms with van der Waals surface area (Å²) in [4.78, 5) is 0. The zero-order chi connectivity index (χ0) is 19.8. The van der Waals surface area contributed by atoms with Gasteiger partial charge in [-0.25, -0.2) is 4.39 Å². The lowest BCUT2D eigenvalue weighted by Crippen LogP contribution is -2.05. The van der Waals surface area contributed by atoms with Crippen LogP contribution in [0.5, 0.6) is 5.75 Å². The molecule has 0 aliphatic rings.